The summed E-state index contributed by atoms with van der Waals surface area (Å²) in [6.45, 7) is -2.79. The van der Waals surface area contributed by atoms with E-state index in [1.807, 2.05) is 0 Å². The Hall–Kier alpha value is -1.95. The summed E-state index contributed by atoms with van der Waals surface area (Å²) in [7, 11) is 0. The fourth-order valence-electron chi connectivity index (χ4n) is 1.17. The summed E-state index contributed by atoms with van der Waals surface area (Å²) in [6.07, 6.45) is 2.82. The van der Waals surface area contributed by atoms with Crippen molar-refractivity contribution in [3.8, 4) is 5.75 Å². The smallest absolute Gasteiger partial charge is 0.387 e. The summed E-state index contributed by atoms with van der Waals surface area (Å²) in [5, 5.41) is 10.9. The number of aliphatic hydroxyl groups is 1. The molecule has 0 unspecified atom stereocenters. The molecule has 0 atom stereocenters. The molecule has 0 aliphatic carbocycles. The molecule has 0 bridgehead atoms. The van der Waals surface area contributed by atoms with E-state index in [4.69, 9.17) is 5.11 Å². The van der Waals surface area contributed by atoms with Crippen molar-refractivity contribution in [2.24, 2.45) is 0 Å². The lowest BCUT2D eigenvalue weighted by Crippen LogP contribution is -2.24. The van der Waals surface area contributed by atoms with Gasteiger partial charge in [-0.05, 0) is 23.8 Å². The summed E-state index contributed by atoms with van der Waals surface area (Å²) in [6, 6.07) is 5.87. The van der Waals surface area contributed by atoms with Gasteiger partial charge in [0.15, 0.2) is 0 Å². The highest BCUT2D eigenvalue weighted by Gasteiger charge is 2.02. The van der Waals surface area contributed by atoms with Crippen LogP contribution in [-0.2, 0) is 4.79 Å². The van der Waals surface area contributed by atoms with Gasteiger partial charge in [0.25, 0.3) is 0 Å². The van der Waals surface area contributed by atoms with E-state index < -0.39 is 6.61 Å². The topological polar surface area (TPSA) is 58.6 Å². The van der Waals surface area contributed by atoms with Crippen LogP contribution < -0.4 is 10.1 Å². The standard InChI is InChI=1S/C12H13F2NO3/c13-12(14)18-10-4-1-9(2-5-10)3-6-11(17)15-7-8-16/h1-6,12,16H,7-8H2,(H,15,17). The van der Waals surface area contributed by atoms with Crippen LogP contribution >= 0.6 is 0 Å². The lowest BCUT2D eigenvalue weighted by Gasteiger charge is -2.03. The SMILES string of the molecule is O=C(C=Cc1ccc(OC(F)F)cc1)NCCO. The number of alkyl halides is 2. The monoisotopic (exact) mass is 257 g/mol. The molecule has 1 aromatic carbocycles. The third-order valence-electron chi connectivity index (χ3n) is 1.94. The highest BCUT2D eigenvalue weighted by Crippen LogP contribution is 2.15. The van der Waals surface area contributed by atoms with Crippen LogP contribution in [0.3, 0.4) is 0 Å². The normalized spacial score (nSPS) is 10.9. The highest BCUT2D eigenvalue weighted by atomic mass is 19.3. The first-order chi connectivity index (χ1) is 8.61. The van der Waals surface area contributed by atoms with Crippen molar-refractivity contribution in [2.45, 2.75) is 6.61 Å². The Kier molecular flexibility index (Phi) is 5.79. The number of hydrogen-bond donors (Lipinski definition) is 2. The Morgan fingerprint density at radius 2 is 2.06 bits per heavy atom. The van der Waals surface area contributed by atoms with Crippen molar-refractivity contribution in [1.82, 2.24) is 5.32 Å². The Balaban J connectivity index is 2.52. The number of carbonyl (C=O) groups excluding carboxylic acids is 1. The molecule has 2 N–H and O–H groups in total. The van der Waals surface area contributed by atoms with Gasteiger partial charge in [-0.25, -0.2) is 0 Å². The quantitative estimate of drug-likeness (QED) is 0.757. The van der Waals surface area contributed by atoms with E-state index in [2.05, 4.69) is 10.1 Å². The van der Waals surface area contributed by atoms with E-state index in [9.17, 15) is 13.6 Å². The molecule has 0 radical (unpaired) electrons. The predicted octanol–water partition coefficient (Wildman–Crippen LogP) is 1.41. The van der Waals surface area contributed by atoms with Crippen molar-refractivity contribution < 1.29 is 23.4 Å². The second-order valence-corrected chi connectivity index (χ2v) is 3.30. The molecule has 0 heterocycles. The van der Waals surface area contributed by atoms with Gasteiger partial charge in [0, 0.05) is 12.6 Å². The molecule has 1 aromatic rings. The molecule has 0 fully saturated rings. The second-order valence-electron chi connectivity index (χ2n) is 3.30. The maximum atomic E-state index is 11.9. The molecule has 98 valence electrons. The molecule has 0 aliphatic heterocycles. The summed E-state index contributed by atoms with van der Waals surface area (Å²) in [5.41, 5.74) is 0.677. The number of aliphatic hydroxyl groups excluding tert-OH is 1. The minimum atomic E-state index is -2.85. The van der Waals surface area contributed by atoms with E-state index in [-0.39, 0.29) is 24.8 Å². The van der Waals surface area contributed by atoms with Crippen molar-refractivity contribution in [3.05, 3.63) is 35.9 Å². The molecule has 0 saturated heterocycles. The van der Waals surface area contributed by atoms with Gasteiger partial charge in [0.2, 0.25) is 5.91 Å². The van der Waals surface area contributed by atoms with E-state index in [1.165, 1.54) is 24.3 Å². The van der Waals surface area contributed by atoms with E-state index in [0.717, 1.165) is 0 Å². The number of benzene rings is 1. The first-order valence-corrected chi connectivity index (χ1v) is 5.23. The van der Waals surface area contributed by atoms with Crippen LogP contribution in [0.4, 0.5) is 8.78 Å². The molecule has 0 aromatic heterocycles. The van der Waals surface area contributed by atoms with E-state index in [0.29, 0.717) is 5.56 Å². The van der Waals surface area contributed by atoms with Gasteiger partial charge >= 0.3 is 6.61 Å². The first kappa shape index (κ1) is 14.1. The first-order valence-electron chi connectivity index (χ1n) is 5.23. The average molecular weight is 257 g/mol. The Bertz CT molecular complexity index is 404. The fraction of sp³-hybridized carbons (Fsp3) is 0.250. The predicted molar refractivity (Wildman–Crippen MR) is 62.2 cm³/mol. The minimum Gasteiger partial charge on any atom is -0.435 e. The third kappa shape index (κ3) is 5.40. The lowest BCUT2D eigenvalue weighted by molar-refractivity contribution is -0.116. The van der Waals surface area contributed by atoms with Crippen molar-refractivity contribution >= 4 is 12.0 Å². The van der Waals surface area contributed by atoms with Gasteiger partial charge in [0.1, 0.15) is 5.75 Å². The Labute approximate surface area is 103 Å². The van der Waals surface area contributed by atoms with Gasteiger partial charge < -0.3 is 15.2 Å². The second kappa shape index (κ2) is 7.39. The van der Waals surface area contributed by atoms with Crippen LogP contribution in [0, 0.1) is 0 Å². The average Bonchev–Trinajstić information content (AvgIpc) is 2.35. The molecule has 1 rings (SSSR count). The van der Waals surface area contributed by atoms with Crippen LogP contribution in [0.1, 0.15) is 5.56 Å². The van der Waals surface area contributed by atoms with Crippen LogP contribution in [0.25, 0.3) is 6.08 Å². The van der Waals surface area contributed by atoms with Crippen molar-refractivity contribution in [3.63, 3.8) is 0 Å². The lowest BCUT2D eigenvalue weighted by atomic mass is 10.2. The Morgan fingerprint density at radius 1 is 1.39 bits per heavy atom. The number of amides is 1. The number of ether oxygens (including phenoxy) is 1. The number of halogens is 2. The van der Waals surface area contributed by atoms with Crippen molar-refractivity contribution in [2.75, 3.05) is 13.2 Å². The fourth-order valence-corrected chi connectivity index (χ4v) is 1.17. The summed E-state index contributed by atoms with van der Waals surface area (Å²) in [5.74, 6) is -0.274. The van der Waals surface area contributed by atoms with Gasteiger partial charge in [-0.1, -0.05) is 12.1 Å². The Morgan fingerprint density at radius 3 is 2.61 bits per heavy atom. The van der Waals surface area contributed by atoms with E-state index in [1.54, 1.807) is 12.1 Å². The minimum absolute atomic E-state index is 0.0619. The number of hydrogen-bond acceptors (Lipinski definition) is 3. The summed E-state index contributed by atoms with van der Waals surface area (Å²) >= 11 is 0. The number of nitrogens with one attached hydrogen (secondary N) is 1. The zero-order valence-corrected chi connectivity index (χ0v) is 9.48. The molecule has 1 amide bonds. The molecule has 4 nitrogen and oxygen atoms in total. The zero-order valence-electron chi connectivity index (χ0n) is 9.48. The summed E-state index contributed by atoms with van der Waals surface area (Å²) < 4.78 is 28.0. The number of carbonyl (C=O) groups is 1. The van der Waals surface area contributed by atoms with Gasteiger partial charge in [-0.3, -0.25) is 4.79 Å². The molecule has 6 heteroatoms. The molecular weight excluding hydrogens is 244 g/mol. The van der Waals surface area contributed by atoms with Crippen LogP contribution in [0.5, 0.6) is 5.75 Å². The molecule has 0 spiro atoms. The van der Waals surface area contributed by atoms with E-state index >= 15 is 0 Å². The van der Waals surface area contributed by atoms with Crippen molar-refractivity contribution in [1.29, 1.82) is 0 Å². The largest absolute Gasteiger partial charge is 0.435 e. The number of rotatable bonds is 6. The molecular formula is C12H13F2NO3. The molecule has 0 saturated carbocycles. The van der Waals surface area contributed by atoms with Crippen LogP contribution in [-0.4, -0.2) is 30.8 Å². The van der Waals surface area contributed by atoms with Gasteiger partial charge in [-0.15, -0.1) is 0 Å². The van der Waals surface area contributed by atoms with Crippen LogP contribution in [0.2, 0.25) is 0 Å². The summed E-state index contributed by atoms with van der Waals surface area (Å²) in [4.78, 5) is 11.2. The molecule has 18 heavy (non-hydrogen) atoms. The van der Waals surface area contributed by atoms with Gasteiger partial charge in [0.05, 0.1) is 6.61 Å². The van der Waals surface area contributed by atoms with Gasteiger partial charge in [-0.2, -0.15) is 8.78 Å². The highest BCUT2D eigenvalue weighted by molar-refractivity contribution is 5.91. The zero-order chi connectivity index (χ0) is 13.4. The third-order valence-corrected chi connectivity index (χ3v) is 1.94. The van der Waals surface area contributed by atoms with Crippen LogP contribution in [0.15, 0.2) is 30.3 Å². The molecule has 0 aliphatic rings. The maximum Gasteiger partial charge on any atom is 0.387 e. The maximum absolute atomic E-state index is 11.9.